The normalized spacial score (nSPS) is 36.5. The van der Waals surface area contributed by atoms with Crippen molar-refractivity contribution < 1.29 is 0 Å². The van der Waals surface area contributed by atoms with E-state index < -0.39 is 0 Å². The Hall–Kier alpha value is -0.0400. The van der Waals surface area contributed by atoms with Crippen LogP contribution >= 0.6 is 0 Å². The molecule has 13 heavy (non-hydrogen) atoms. The number of hydrogen-bond acceptors (Lipinski definition) is 1. The average molecular weight is 181 g/mol. The highest BCUT2D eigenvalue weighted by Crippen LogP contribution is 2.32. The predicted octanol–water partition coefficient (Wildman–Crippen LogP) is 2.76. The van der Waals surface area contributed by atoms with Gasteiger partial charge in [0.25, 0.3) is 0 Å². The Balaban J connectivity index is 1.80. The van der Waals surface area contributed by atoms with Gasteiger partial charge in [0.05, 0.1) is 0 Å². The van der Waals surface area contributed by atoms with Crippen LogP contribution in [0.2, 0.25) is 0 Å². The van der Waals surface area contributed by atoms with E-state index in [0.29, 0.717) is 0 Å². The number of rotatable bonds is 3. The lowest BCUT2D eigenvalue weighted by molar-refractivity contribution is 0.125. The molecule has 0 bridgehead atoms. The minimum atomic E-state index is 0.942. The van der Waals surface area contributed by atoms with Crippen LogP contribution in [-0.4, -0.2) is 24.5 Å². The molecule has 0 aromatic carbocycles. The molecule has 1 heteroatoms. The van der Waals surface area contributed by atoms with Crippen LogP contribution in [0.5, 0.6) is 0 Å². The maximum Gasteiger partial charge on any atom is 0.000989 e. The minimum Gasteiger partial charge on any atom is -0.303 e. The molecule has 2 rings (SSSR count). The highest BCUT2D eigenvalue weighted by molar-refractivity contribution is 4.82. The fourth-order valence-electron chi connectivity index (χ4n) is 2.71. The second-order valence-electron chi connectivity index (χ2n) is 5.28. The van der Waals surface area contributed by atoms with E-state index in [4.69, 9.17) is 0 Å². The van der Waals surface area contributed by atoms with E-state index >= 15 is 0 Å². The van der Waals surface area contributed by atoms with Crippen LogP contribution in [-0.2, 0) is 0 Å². The maximum atomic E-state index is 2.72. The summed E-state index contributed by atoms with van der Waals surface area (Å²) in [5.74, 6) is 3.00. The third-order valence-electron chi connectivity index (χ3n) is 3.61. The highest BCUT2D eigenvalue weighted by atomic mass is 15.1. The maximum absolute atomic E-state index is 2.72. The Bertz CT molecular complexity index is 161. The van der Waals surface area contributed by atoms with Gasteiger partial charge in [0.2, 0.25) is 0 Å². The van der Waals surface area contributed by atoms with E-state index in [0.717, 1.165) is 17.8 Å². The van der Waals surface area contributed by atoms with Crippen molar-refractivity contribution in [1.29, 1.82) is 0 Å². The molecule has 0 unspecified atom stereocenters. The predicted molar refractivity (Wildman–Crippen MR) is 56.7 cm³/mol. The molecule has 0 radical (unpaired) electrons. The second-order valence-corrected chi connectivity index (χ2v) is 5.28. The summed E-state index contributed by atoms with van der Waals surface area (Å²) in [4.78, 5) is 2.72. The molecule has 1 aliphatic carbocycles. The van der Waals surface area contributed by atoms with Crippen molar-refractivity contribution in [2.75, 3.05) is 19.6 Å². The van der Waals surface area contributed by atoms with Gasteiger partial charge < -0.3 is 4.90 Å². The van der Waals surface area contributed by atoms with E-state index in [1.807, 2.05) is 0 Å². The van der Waals surface area contributed by atoms with Crippen LogP contribution < -0.4 is 0 Å². The third kappa shape index (κ3) is 2.70. The van der Waals surface area contributed by atoms with Crippen molar-refractivity contribution in [2.45, 2.75) is 39.5 Å². The van der Waals surface area contributed by atoms with Gasteiger partial charge in [-0.15, -0.1) is 0 Å². The standard InChI is InChI=1S/C12H23N/c1-3-11-6-10(2)7-13(8-11)9-12-4-5-12/h10-12H,3-9H2,1-2H3/t10-,11+/m1/s1. The van der Waals surface area contributed by atoms with E-state index in [2.05, 4.69) is 18.7 Å². The molecular weight excluding hydrogens is 158 g/mol. The van der Waals surface area contributed by atoms with Gasteiger partial charge in [-0.1, -0.05) is 20.3 Å². The molecule has 1 heterocycles. The van der Waals surface area contributed by atoms with Gasteiger partial charge in [0.1, 0.15) is 0 Å². The Kier molecular flexibility index (Phi) is 2.92. The lowest BCUT2D eigenvalue weighted by atomic mass is 9.88. The molecule has 1 aliphatic heterocycles. The third-order valence-corrected chi connectivity index (χ3v) is 3.61. The molecule has 1 nitrogen and oxygen atoms in total. The summed E-state index contributed by atoms with van der Waals surface area (Å²) in [6, 6.07) is 0. The largest absolute Gasteiger partial charge is 0.303 e. The summed E-state index contributed by atoms with van der Waals surface area (Å²) in [6.07, 6.45) is 5.85. The van der Waals surface area contributed by atoms with Crippen molar-refractivity contribution in [2.24, 2.45) is 17.8 Å². The average Bonchev–Trinajstić information content (AvgIpc) is 2.87. The highest BCUT2D eigenvalue weighted by Gasteiger charge is 2.29. The molecular formula is C12H23N. The second kappa shape index (κ2) is 4.00. The summed E-state index contributed by atoms with van der Waals surface area (Å²) >= 11 is 0. The molecule has 0 spiro atoms. The van der Waals surface area contributed by atoms with Gasteiger partial charge >= 0.3 is 0 Å². The Morgan fingerprint density at radius 1 is 1.15 bits per heavy atom. The Labute approximate surface area is 82.5 Å². The Morgan fingerprint density at radius 2 is 1.92 bits per heavy atom. The Morgan fingerprint density at radius 3 is 2.54 bits per heavy atom. The van der Waals surface area contributed by atoms with Crippen LogP contribution in [0.3, 0.4) is 0 Å². The van der Waals surface area contributed by atoms with E-state index in [1.165, 1.54) is 45.3 Å². The first-order chi connectivity index (χ1) is 6.28. The molecule has 0 aromatic rings. The van der Waals surface area contributed by atoms with Gasteiger partial charge in [-0.05, 0) is 37.0 Å². The van der Waals surface area contributed by atoms with Crippen LogP contribution in [0.15, 0.2) is 0 Å². The number of hydrogen-bond donors (Lipinski definition) is 0. The van der Waals surface area contributed by atoms with E-state index in [9.17, 15) is 0 Å². The SMILES string of the molecule is CC[C@H]1C[C@@H](C)CN(CC2CC2)C1. The molecule has 0 aromatic heterocycles. The van der Waals surface area contributed by atoms with Gasteiger partial charge in [-0.25, -0.2) is 0 Å². The molecule has 1 saturated heterocycles. The van der Waals surface area contributed by atoms with Crippen LogP contribution in [0.4, 0.5) is 0 Å². The summed E-state index contributed by atoms with van der Waals surface area (Å²) < 4.78 is 0. The van der Waals surface area contributed by atoms with Gasteiger partial charge in [-0.3, -0.25) is 0 Å². The number of likely N-dealkylation sites (tertiary alicyclic amines) is 1. The van der Waals surface area contributed by atoms with E-state index in [-0.39, 0.29) is 0 Å². The molecule has 0 N–H and O–H groups in total. The summed E-state index contributed by atoms with van der Waals surface area (Å²) in [7, 11) is 0. The van der Waals surface area contributed by atoms with Crippen LogP contribution in [0.25, 0.3) is 0 Å². The number of piperidine rings is 1. The first-order valence-electron chi connectivity index (χ1n) is 6.00. The quantitative estimate of drug-likeness (QED) is 0.647. The van der Waals surface area contributed by atoms with E-state index in [1.54, 1.807) is 0 Å². The summed E-state index contributed by atoms with van der Waals surface area (Å²) in [5.41, 5.74) is 0. The summed E-state index contributed by atoms with van der Waals surface area (Å²) in [5, 5.41) is 0. The molecule has 2 aliphatic rings. The topological polar surface area (TPSA) is 3.24 Å². The minimum absolute atomic E-state index is 0.942. The fraction of sp³-hybridized carbons (Fsp3) is 1.00. The smallest absolute Gasteiger partial charge is 0.000989 e. The molecule has 1 saturated carbocycles. The first kappa shape index (κ1) is 9.51. The van der Waals surface area contributed by atoms with Crippen LogP contribution in [0.1, 0.15) is 39.5 Å². The molecule has 76 valence electrons. The van der Waals surface area contributed by atoms with Crippen molar-refractivity contribution in [3.8, 4) is 0 Å². The van der Waals surface area contributed by atoms with Crippen molar-refractivity contribution in [1.82, 2.24) is 4.90 Å². The van der Waals surface area contributed by atoms with Gasteiger partial charge in [0.15, 0.2) is 0 Å². The zero-order valence-electron chi connectivity index (χ0n) is 9.13. The monoisotopic (exact) mass is 181 g/mol. The zero-order valence-corrected chi connectivity index (χ0v) is 9.13. The lowest BCUT2D eigenvalue weighted by Crippen LogP contribution is -2.40. The zero-order chi connectivity index (χ0) is 9.26. The van der Waals surface area contributed by atoms with Gasteiger partial charge in [0, 0.05) is 19.6 Å². The fourth-order valence-corrected chi connectivity index (χ4v) is 2.71. The molecule has 2 fully saturated rings. The van der Waals surface area contributed by atoms with Crippen molar-refractivity contribution in [3.63, 3.8) is 0 Å². The van der Waals surface area contributed by atoms with Crippen molar-refractivity contribution in [3.05, 3.63) is 0 Å². The first-order valence-corrected chi connectivity index (χ1v) is 6.00. The lowest BCUT2D eigenvalue weighted by Gasteiger charge is -2.36. The number of nitrogens with zero attached hydrogens (tertiary/aromatic N) is 1. The van der Waals surface area contributed by atoms with Crippen molar-refractivity contribution >= 4 is 0 Å². The summed E-state index contributed by atoms with van der Waals surface area (Å²) in [6.45, 7) is 8.92. The molecule has 2 atom stereocenters. The van der Waals surface area contributed by atoms with Crippen LogP contribution in [0, 0.1) is 17.8 Å². The molecule has 0 amide bonds. The van der Waals surface area contributed by atoms with Gasteiger partial charge in [-0.2, -0.15) is 0 Å².